The van der Waals surface area contributed by atoms with E-state index in [1.165, 1.54) is 6.07 Å². The van der Waals surface area contributed by atoms with E-state index in [1.54, 1.807) is 42.6 Å². The highest BCUT2D eigenvalue weighted by Gasteiger charge is 2.11. The standard InChI is InChI=1S/C18H13FN4OS/c19-13-5-1-2-6-14(13)23-25(24)12-8-9-15-17(11-12)22-18(21-15)16-7-3-4-10-20-16/h1-11,23H,(H,21,22). The van der Waals surface area contributed by atoms with Crippen molar-refractivity contribution in [3.8, 4) is 11.5 Å². The van der Waals surface area contributed by atoms with Gasteiger partial charge in [0.1, 0.15) is 22.5 Å². The number of benzene rings is 2. The first-order valence-electron chi connectivity index (χ1n) is 7.55. The zero-order valence-electron chi connectivity index (χ0n) is 12.9. The highest BCUT2D eigenvalue weighted by atomic mass is 32.2. The van der Waals surface area contributed by atoms with E-state index in [1.807, 2.05) is 18.2 Å². The number of fused-ring (bicyclic) bond motifs is 1. The van der Waals surface area contributed by atoms with E-state index in [0.717, 1.165) is 16.7 Å². The number of aromatic amines is 1. The molecule has 7 heteroatoms. The molecule has 2 heterocycles. The molecule has 2 aromatic heterocycles. The van der Waals surface area contributed by atoms with Crippen LogP contribution >= 0.6 is 0 Å². The summed E-state index contributed by atoms with van der Waals surface area (Å²) in [4.78, 5) is 12.4. The maximum atomic E-state index is 13.7. The summed E-state index contributed by atoms with van der Waals surface area (Å²) in [5.41, 5.74) is 2.40. The number of hydrogen-bond acceptors (Lipinski definition) is 3. The predicted molar refractivity (Wildman–Crippen MR) is 95.8 cm³/mol. The number of nitrogens with zero attached hydrogens (tertiary/aromatic N) is 2. The molecule has 0 aliphatic heterocycles. The third-order valence-electron chi connectivity index (χ3n) is 3.65. The summed E-state index contributed by atoms with van der Waals surface area (Å²) in [7, 11) is -1.59. The van der Waals surface area contributed by atoms with Gasteiger partial charge in [0.25, 0.3) is 0 Å². The van der Waals surface area contributed by atoms with Crippen molar-refractivity contribution < 1.29 is 8.60 Å². The van der Waals surface area contributed by atoms with Crippen molar-refractivity contribution in [1.29, 1.82) is 0 Å². The van der Waals surface area contributed by atoms with E-state index in [2.05, 4.69) is 19.7 Å². The van der Waals surface area contributed by atoms with E-state index in [9.17, 15) is 8.60 Å². The Labute approximate surface area is 145 Å². The van der Waals surface area contributed by atoms with E-state index >= 15 is 0 Å². The Morgan fingerprint density at radius 2 is 1.88 bits per heavy atom. The minimum Gasteiger partial charge on any atom is -0.337 e. The number of imidazole rings is 1. The monoisotopic (exact) mass is 352 g/mol. The Bertz CT molecular complexity index is 1070. The first-order valence-corrected chi connectivity index (χ1v) is 8.70. The second-order valence-corrected chi connectivity index (χ2v) is 6.54. The van der Waals surface area contributed by atoms with Crippen LogP contribution < -0.4 is 4.72 Å². The molecule has 0 saturated carbocycles. The highest BCUT2D eigenvalue weighted by Crippen LogP contribution is 2.22. The van der Waals surface area contributed by atoms with Gasteiger partial charge >= 0.3 is 0 Å². The van der Waals surface area contributed by atoms with E-state index in [4.69, 9.17) is 0 Å². The fourth-order valence-corrected chi connectivity index (χ4v) is 3.33. The van der Waals surface area contributed by atoms with Crippen molar-refractivity contribution in [2.45, 2.75) is 4.90 Å². The molecule has 4 aromatic rings. The zero-order chi connectivity index (χ0) is 17.2. The van der Waals surface area contributed by atoms with Gasteiger partial charge in [-0.25, -0.2) is 13.6 Å². The van der Waals surface area contributed by atoms with Crippen LogP contribution in [0.2, 0.25) is 0 Å². The van der Waals surface area contributed by atoms with E-state index < -0.39 is 16.8 Å². The van der Waals surface area contributed by atoms with Crippen LogP contribution in [0.5, 0.6) is 0 Å². The highest BCUT2D eigenvalue weighted by molar-refractivity contribution is 7.86. The number of nitrogens with one attached hydrogen (secondary N) is 2. The molecule has 0 saturated heterocycles. The lowest BCUT2D eigenvalue weighted by molar-refractivity contribution is 0.631. The lowest BCUT2D eigenvalue weighted by Gasteiger charge is -2.06. The van der Waals surface area contributed by atoms with Crippen LogP contribution in [-0.2, 0) is 11.0 Å². The average molecular weight is 352 g/mol. The van der Waals surface area contributed by atoms with Gasteiger partial charge in [0, 0.05) is 6.20 Å². The molecule has 0 aliphatic rings. The molecule has 0 spiro atoms. The molecular formula is C18H13FN4OS. The van der Waals surface area contributed by atoms with Crippen LogP contribution in [0.15, 0.2) is 71.8 Å². The van der Waals surface area contributed by atoms with Gasteiger partial charge < -0.3 is 4.98 Å². The number of anilines is 1. The number of aromatic nitrogens is 3. The second-order valence-electron chi connectivity index (χ2n) is 5.33. The Morgan fingerprint density at radius 1 is 1.04 bits per heavy atom. The lowest BCUT2D eigenvalue weighted by atomic mass is 10.3. The van der Waals surface area contributed by atoms with Crippen LogP contribution in [0, 0.1) is 5.82 Å². The van der Waals surface area contributed by atoms with Crippen LogP contribution in [0.25, 0.3) is 22.6 Å². The van der Waals surface area contributed by atoms with Crippen molar-refractivity contribution in [1.82, 2.24) is 15.0 Å². The number of para-hydroxylation sites is 1. The quantitative estimate of drug-likeness (QED) is 0.585. The normalized spacial score (nSPS) is 12.2. The summed E-state index contributed by atoms with van der Waals surface area (Å²) in [6.07, 6.45) is 1.70. The van der Waals surface area contributed by atoms with Crippen LogP contribution in [0.1, 0.15) is 0 Å². The van der Waals surface area contributed by atoms with Gasteiger partial charge in [-0.05, 0) is 42.5 Å². The molecule has 2 aromatic carbocycles. The van der Waals surface area contributed by atoms with Gasteiger partial charge in [-0.3, -0.25) is 9.71 Å². The van der Waals surface area contributed by atoms with Crippen LogP contribution in [-0.4, -0.2) is 19.2 Å². The van der Waals surface area contributed by atoms with Gasteiger partial charge in [-0.15, -0.1) is 0 Å². The average Bonchev–Trinajstić information content (AvgIpc) is 3.07. The Hall–Kier alpha value is -3.06. The molecular weight excluding hydrogens is 339 g/mol. The van der Waals surface area contributed by atoms with Gasteiger partial charge in [0.15, 0.2) is 5.82 Å². The summed E-state index contributed by atoms with van der Waals surface area (Å²) < 4.78 is 28.8. The van der Waals surface area contributed by atoms with Gasteiger partial charge in [0.05, 0.1) is 21.6 Å². The number of H-pyrrole nitrogens is 1. The first kappa shape index (κ1) is 15.5. The summed E-state index contributed by atoms with van der Waals surface area (Å²) >= 11 is 0. The summed E-state index contributed by atoms with van der Waals surface area (Å²) in [5.74, 6) is 0.191. The summed E-state index contributed by atoms with van der Waals surface area (Å²) in [6.45, 7) is 0. The SMILES string of the molecule is O=S(Nc1ccccc1F)c1ccc2nc(-c3ccccn3)[nH]c2c1. The van der Waals surface area contributed by atoms with Crippen molar-refractivity contribution in [2.24, 2.45) is 0 Å². The molecule has 0 fully saturated rings. The zero-order valence-corrected chi connectivity index (χ0v) is 13.8. The molecule has 0 radical (unpaired) electrons. The van der Waals surface area contributed by atoms with Crippen molar-refractivity contribution >= 4 is 27.7 Å². The van der Waals surface area contributed by atoms with E-state index in [0.29, 0.717) is 10.7 Å². The fourth-order valence-electron chi connectivity index (χ4n) is 2.43. The van der Waals surface area contributed by atoms with Crippen molar-refractivity contribution in [3.05, 3.63) is 72.7 Å². The third kappa shape index (κ3) is 3.14. The third-order valence-corrected chi connectivity index (χ3v) is 4.74. The van der Waals surface area contributed by atoms with Gasteiger partial charge in [-0.1, -0.05) is 18.2 Å². The molecule has 0 bridgehead atoms. The first-order chi connectivity index (χ1) is 12.2. The largest absolute Gasteiger partial charge is 0.337 e. The number of rotatable bonds is 4. The molecule has 1 unspecified atom stereocenters. The second kappa shape index (κ2) is 6.45. The number of halogens is 1. The Morgan fingerprint density at radius 3 is 2.68 bits per heavy atom. The topological polar surface area (TPSA) is 70.7 Å². The van der Waals surface area contributed by atoms with Crippen LogP contribution in [0.4, 0.5) is 10.1 Å². The molecule has 124 valence electrons. The molecule has 1 atom stereocenters. The molecule has 0 amide bonds. The molecule has 25 heavy (non-hydrogen) atoms. The Balaban J connectivity index is 1.65. The molecule has 0 aliphatic carbocycles. The van der Waals surface area contributed by atoms with Crippen molar-refractivity contribution in [2.75, 3.05) is 4.72 Å². The Kier molecular flexibility index (Phi) is 3.99. The fraction of sp³-hybridized carbons (Fsp3) is 0. The minimum absolute atomic E-state index is 0.194. The number of pyridine rings is 1. The lowest BCUT2D eigenvalue weighted by Crippen LogP contribution is -2.06. The summed E-state index contributed by atoms with van der Waals surface area (Å²) in [6, 6.07) is 16.9. The van der Waals surface area contributed by atoms with Crippen LogP contribution in [0.3, 0.4) is 0 Å². The van der Waals surface area contributed by atoms with E-state index in [-0.39, 0.29) is 5.69 Å². The summed E-state index contributed by atoms with van der Waals surface area (Å²) in [5, 5.41) is 0. The smallest absolute Gasteiger partial charge is 0.157 e. The molecule has 2 N–H and O–H groups in total. The number of hydrogen-bond donors (Lipinski definition) is 2. The maximum Gasteiger partial charge on any atom is 0.157 e. The van der Waals surface area contributed by atoms with Gasteiger partial charge in [0.2, 0.25) is 0 Å². The molecule has 4 rings (SSSR count). The molecule has 5 nitrogen and oxygen atoms in total. The maximum absolute atomic E-state index is 13.7. The predicted octanol–water partition coefficient (Wildman–Crippen LogP) is 3.90. The minimum atomic E-state index is -1.59. The van der Waals surface area contributed by atoms with Gasteiger partial charge in [-0.2, -0.15) is 0 Å². The van der Waals surface area contributed by atoms with Crippen molar-refractivity contribution in [3.63, 3.8) is 0 Å².